The minimum Gasteiger partial charge on any atom is -0.208 e. The summed E-state index contributed by atoms with van der Waals surface area (Å²) in [4.78, 5) is 14.7. The topological polar surface area (TPSA) is 38.7 Å². The molecule has 1 aliphatic rings. The van der Waals surface area contributed by atoms with Crippen LogP contribution in [-0.2, 0) is 5.41 Å². The fourth-order valence-corrected chi connectivity index (χ4v) is 10.1. The monoisotopic (exact) mass is 759 g/mol. The zero-order chi connectivity index (χ0) is 38.8. The van der Waals surface area contributed by atoms with Crippen molar-refractivity contribution in [3.63, 3.8) is 0 Å². The van der Waals surface area contributed by atoms with Crippen molar-refractivity contribution in [1.29, 1.82) is 0 Å². The van der Waals surface area contributed by atoms with E-state index in [0.29, 0.717) is 17.5 Å². The Morgan fingerprint density at radius 1 is 0.328 bits per heavy atom. The number of nitrogens with zero attached hydrogens (tertiary/aromatic N) is 3. The minimum absolute atomic E-state index is 0.0426. The second-order valence-corrected chi connectivity index (χ2v) is 16.6. The van der Waals surface area contributed by atoms with E-state index in [-0.39, 0.29) is 5.41 Å². The number of thiophene rings is 1. The number of hydrogen-bond acceptors (Lipinski definition) is 4. The molecule has 10 aromatic rings. The molecule has 58 heavy (non-hydrogen) atoms. The van der Waals surface area contributed by atoms with E-state index in [9.17, 15) is 0 Å². The van der Waals surface area contributed by atoms with Gasteiger partial charge in [0.2, 0.25) is 0 Å². The van der Waals surface area contributed by atoms with Crippen LogP contribution in [0.15, 0.2) is 188 Å². The average Bonchev–Trinajstić information content (AvgIpc) is 3.79. The summed E-state index contributed by atoms with van der Waals surface area (Å²) in [6.45, 7) is 4.71. The van der Waals surface area contributed by atoms with Crippen LogP contribution in [0, 0.1) is 0 Å². The van der Waals surface area contributed by atoms with Crippen molar-refractivity contribution < 1.29 is 0 Å². The zero-order valence-corrected chi connectivity index (χ0v) is 33.0. The quantitative estimate of drug-likeness (QED) is 0.169. The van der Waals surface area contributed by atoms with E-state index in [0.717, 1.165) is 27.8 Å². The molecule has 0 bridgehead atoms. The lowest BCUT2D eigenvalue weighted by Crippen LogP contribution is -2.14. The van der Waals surface area contributed by atoms with Crippen LogP contribution in [0.25, 0.3) is 98.8 Å². The summed E-state index contributed by atoms with van der Waals surface area (Å²) in [6, 6.07) is 67.2. The highest BCUT2D eigenvalue weighted by atomic mass is 32.1. The van der Waals surface area contributed by atoms with Crippen LogP contribution in [0.5, 0.6) is 0 Å². The Hall–Kier alpha value is -7.01. The van der Waals surface area contributed by atoms with E-state index < -0.39 is 0 Å². The molecule has 0 radical (unpaired) electrons. The maximum absolute atomic E-state index is 4.94. The molecule has 0 fully saturated rings. The Morgan fingerprint density at radius 2 is 0.759 bits per heavy atom. The van der Waals surface area contributed by atoms with Crippen LogP contribution < -0.4 is 0 Å². The summed E-state index contributed by atoms with van der Waals surface area (Å²) in [5, 5.41) is 2.60. The molecule has 0 saturated carbocycles. The third-order valence-corrected chi connectivity index (χ3v) is 13.1. The average molecular weight is 760 g/mol. The summed E-state index contributed by atoms with van der Waals surface area (Å²) in [5.74, 6) is 1.97. The van der Waals surface area contributed by atoms with Crippen LogP contribution >= 0.6 is 11.3 Å². The molecule has 0 N–H and O–H groups in total. The van der Waals surface area contributed by atoms with Crippen molar-refractivity contribution in [3.05, 3.63) is 199 Å². The molecule has 2 heterocycles. The van der Waals surface area contributed by atoms with E-state index in [1.54, 1.807) is 0 Å². The van der Waals surface area contributed by atoms with Crippen LogP contribution in [0.1, 0.15) is 25.0 Å². The molecule has 0 amide bonds. The smallest absolute Gasteiger partial charge is 0.164 e. The maximum atomic E-state index is 4.94. The molecule has 0 aliphatic heterocycles. The third kappa shape index (κ3) is 5.68. The van der Waals surface area contributed by atoms with Crippen LogP contribution in [0.4, 0.5) is 0 Å². The molecule has 4 heteroatoms. The van der Waals surface area contributed by atoms with Crippen molar-refractivity contribution in [3.8, 4) is 78.7 Å². The molecular weight excluding hydrogens is 723 g/mol. The lowest BCUT2D eigenvalue weighted by atomic mass is 9.81. The normalized spacial score (nSPS) is 12.8. The Bertz CT molecular complexity index is 3120. The van der Waals surface area contributed by atoms with Crippen molar-refractivity contribution in [2.24, 2.45) is 0 Å². The SMILES string of the molecule is CC1(C)c2ccccc2-c2ccc(-c3cccc4c3sc3c(-c5cccc(-c6ccc(-c7nc(-c8ccccc8)nc(-c8ccccc8)n7)cc6)c5)cccc34)cc21. The van der Waals surface area contributed by atoms with Crippen molar-refractivity contribution in [2.45, 2.75) is 19.3 Å². The van der Waals surface area contributed by atoms with Gasteiger partial charge in [0.1, 0.15) is 0 Å². The second kappa shape index (κ2) is 13.6. The summed E-state index contributed by atoms with van der Waals surface area (Å²) in [5.41, 5.74) is 15.6. The first-order chi connectivity index (χ1) is 28.5. The molecule has 0 spiro atoms. The van der Waals surface area contributed by atoms with E-state index >= 15 is 0 Å². The van der Waals surface area contributed by atoms with E-state index in [4.69, 9.17) is 15.0 Å². The van der Waals surface area contributed by atoms with E-state index in [1.165, 1.54) is 64.7 Å². The Labute approximate surface area is 342 Å². The maximum Gasteiger partial charge on any atom is 0.164 e. The largest absolute Gasteiger partial charge is 0.208 e. The standard InChI is InChI=1S/C54H37N3S/c1-54(2)47-25-10-9-20-43(47)44-31-30-40(33-48(44)54)42-22-13-24-46-45-23-12-21-41(49(45)58-50(42)46)39-19-11-18-38(32-39)34-26-28-37(29-27-34)53-56-51(35-14-5-3-6-15-35)55-52(57-53)36-16-7-4-8-17-36/h3-33H,1-2H3. The fraction of sp³-hybridized carbons (Fsp3) is 0.0556. The van der Waals surface area contributed by atoms with Gasteiger partial charge in [-0.2, -0.15) is 0 Å². The predicted molar refractivity (Wildman–Crippen MR) is 243 cm³/mol. The number of hydrogen-bond donors (Lipinski definition) is 0. The van der Waals surface area contributed by atoms with Gasteiger partial charge >= 0.3 is 0 Å². The van der Waals surface area contributed by atoms with Crippen LogP contribution in [0.2, 0.25) is 0 Å². The number of aromatic nitrogens is 3. The molecule has 8 aromatic carbocycles. The van der Waals surface area contributed by atoms with Gasteiger partial charge in [-0.3, -0.25) is 0 Å². The first-order valence-corrected chi connectivity index (χ1v) is 20.6. The van der Waals surface area contributed by atoms with Gasteiger partial charge in [0.05, 0.1) is 0 Å². The van der Waals surface area contributed by atoms with Gasteiger partial charge in [-0.25, -0.2) is 15.0 Å². The molecule has 3 nitrogen and oxygen atoms in total. The fourth-order valence-electron chi connectivity index (χ4n) is 8.76. The molecule has 2 aromatic heterocycles. The summed E-state index contributed by atoms with van der Waals surface area (Å²) >= 11 is 1.91. The molecular formula is C54H37N3S. The first-order valence-electron chi connectivity index (χ1n) is 19.8. The highest BCUT2D eigenvalue weighted by Crippen LogP contribution is 2.51. The van der Waals surface area contributed by atoms with Crippen LogP contribution in [-0.4, -0.2) is 15.0 Å². The number of fused-ring (bicyclic) bond motifs is 6. The van der Waals surface area contributed by atoms with Gasteiger partial charge in [-0.15, -0.1) is 11.3 Å². The Balaban J connectivity index is 0.951. The van der Waals surface area contributed by atoms with E-state index in [1.807, 2.05) is 72.0 Å². The van der Waals surface area contributed by atoms with Crippen molar-refractivity contribution in [2.75, 3.05) is 0 Å². The van der Waals surface area contributed by atoms with Gasteiger partial charge < -0.3 is 0 Å². The number of benzene rings is 8. The van der Waals surface area contributed by atoms with E-state index in [2.05, 4.69) is 141 Å². The lowest BCUT2D eigenvalue weighted by molar-refractivity contribution is 0.660. The van der Waals surface area contributed by atoms with Gasteiger partial charge in [0.15, 0.2) is 17.5 Å². The molecule has 274 valence electrons. The van der Waals surface area contributed by atoms with Crippen molar-refractivity contribution in [1.82, 2.24) is 15.0 Å². The summed E-state index contributed by atoms with van der Waals surface area (Å²) in [7, 11) is 0. The summed E-state index contributed by atoms with van der Waals surface area (Å²) in [6.07, 6.45) is 0. The lowest BCUT2D eigenvalue weighted by Gasteiger charge is -2.22. The van der Waals surface area contributed by atoms with Gasteiger partial charge in [-0.05, 0) is 67.8 Å². The first kappa shape index (κ1) is 34.3. The minimum atomic E-state index is -0.0426. The van der Waals surface area contributed by atoms with Gasteiger partial charge in [0, 0.05) is 42.3 Å². The highest BCUT2D eigenvalue weighted by Gasteiger charge is 2.35. The third-order valence-electron chi connectivity index (χ3n) is 11.8. The molecule has 1 aliphatic carbocycles. The van der Waals surface area contributed by atoms with Crippen molar-refractivity contribution >= 4 is 31.5 Å². The Kier molecular flexibility index (Phi) is 8.02. The second-order valence-electron chi connectivity index (χ2n) is 15.6. The Morgan fingerprint density at radius 3 is 1.38 bits per heavy atom. The van der Waals surface area contributed by atoms with Gasteiger partial charge in [-0.1, -0.05) is 190 Å². The molecule has 0 saturated heterocycles. The number of rotatable bonds is 6. The highest BCUT2D eigenvalue weighted by molar-refractivity contribution is 7.26. The molecule has 0 atom stereocenters. The van der Waals surface area contributed by atoms with Gasteiger partial charge in [0.25, 0.3) is 0 Å². The van der Waals surface area contributed by atoms with Crippen LogP contribution in [0.3, 0.4) is 0 Å². The summed E-state index contributed by atoms with van der Waals surface area (Å²) < 4.78 is 2.64. The molecule has 0 unspecified atom stereocenters. The molecule has 11 rings (SSSR count). The predicted octanol–water partition coefficient (Wildman–Crippen LogP) is 14.5. The zero-order valence-electron chi connectivity index (χ0n) is 32.1.